The van der Waals surface area contributed by atoms with Crippen LogP contribution in [0, 0.1) is 34.5 Å². The van der Waals surface area contributed by atoms with Crippen molar-refractivity contribution >= 4 is 0 Å². The van der Waals surface area contributed by atoms with Gasteiger partial charge in [0.1, 0.15) is 0 Å². The molecule has 0 aromatic heterocycles. The highest BCUT2D eigenvalue weighted by Gasteiger charge is 2.64. The molecule has 0 saturated heterocycles. The zero-order valence-electron chi connectivity index (χ0n) is 15.1. The summed E-state index contributed by atoms with van der Waals surface area (Å²) < 4.78 is 0. The molecular formula is C20H36O2. The first-order valence-corrected chi connectivity index (χ1v) is 9.60. The van der Waals surface area contributed by atoms with Crippen molar-refractivity contribution in [2.75, 3.05) is 6.61 Å². The Morgan fingerprint density at radius 3 is 2.41 bits per heavy atom. The minimum atomic E-state index is -0.548. The van der Waals surface area contributed by atoms with Crippen LogP contribution >= 0.6 is 0 Å². The van der Waals surface area contributed by atoms with Gasteiger partial charge in [0.15, 0.2) is 0 Å². The quantitative estimate of drug-likeness (QED) is 0.794. The molecule has 3 aliphatic rings. The van der Waals surface area contributed by atoms with E-state index in [0.717, 1.165) is 37.5 Å². The highest BCUT2D eigenvalue weighted by molar-refractivity contribution is 5.14. The van der Waals surface area contributed by atoms with E-state index in [1.165, 1.54) is 25.7 Å². The third kappa shape index (κ3) is 2.20. The molecule has 3 rings (SSSR count). The average molecular weight is 309 g/mol. The molecule has 128 valence electrons. The summed E-state index contributed by atoms with van der Waals surface area (Å²) in [6.45, 7) is 9.54. The van der Waals surface area contributed by atoms with Gasteiger partial charge in [0, 0.05) is 6.61 Å². The number of fused-ring (bicyclic) bond motifs is 3. The number of aliphatic hydroxyl groups excluding tert-OH is 1. The molecule has 0 aromatic carbocycles. The van der Waals surface area contributed by atoms with Crippen LogP contribution in [0.3, 0.4) is 0 Å². The molecule has 0 aliphatic heterocycles. The van der Waals surface area contributed by atoms with E-state index in [-0.39, 0.29) is 23.4 Å². The number of rotatable bonds is 2. The highest BCUT2D eigenvalue weighted by Crippen LogP contribution is 2.65. The van der Waals surface area contributed by atoms with Gasteiger partial charge in [-0.3, -0.25) is 0 Å². The molecular weight excluding hydrogens is 272 g/mol. The van der Waals surface area contributed by atoms with E-state index in [4.69, 9.17) is 0 Å². The van der Waals surface area contributed by atoms with Crippen LogP contribution in [0.15, 0.2) is 0 Å². The van der Waals surface area contributed by atoms with Gasteiger partial charge in [-0.15, -0.1) is 0 Å². The standard InChI is InChI=1S/C20H36O2/c1-14(2)15-8-11-19(4)16(12-15)6-7-17-18(3,13-21)9-5-10-20(17,19)22/h14-17,21-22H,5-13H2,1-4H3/t15-,16?,17?,18-,19-,20?/m0/s1. The zero-order chi connectivity index (χ0) is 16.2. The topological polar surface area (TPSA) is 40.5 Å². The van der Waals surface area contributed by atoms with Crippen molar-refractivity contribution < 1.29 is 10.2 Å². The van der Waals surface area contributed by atoms with Crippen LogP contribution in [0.1, 0.15) is 79.1 Å². The lowest BCUT2D eigenvalue weighted by Gasteiger charge is -2.65. The molecule has 2 heteroatoms. The second-order valence-electron chi connectivity index (χ2n) is 9.61. The van der Waals surface area contributed by atoms with E-state index in [1.807, 2.05) is 0 Å². The van der Waals surface area contributed by atoms with Crippen LogP contribution in [0.2, 0.25) is 0 Å². The molecule has 3 fully saturated rings. The Bertz CT molecular complexity index is 420. The molecule has 0 heterocycles. The smallest absolute Gasteiger partial charge is 0.0737 e. The fraction of sp³-hybridized carbons (Fsp3) is 1.00. The molecule has 22 heavy (non-hydrogen) atoms. The molecule has 3 aliphatic carbocycles. The van der Waals surface area contributed by atoms with Crippen molar-refractivity contribution in [3.8, 4) is 0 Å². The van der Waals surface area contributed by atoms with Crippen molar-refractivity contribution in [1.29, 1.82) is 0 Å². The summed E-state index contributed by atoms with van der Waals surface area (Å²) in [6, 6.07) is 0. The molecule has 3 unspecified atom stereocenters. The van der Waals surface area contributed by atoms with Crippen molar-refractivity contribution in [2.24, 2.45) is 34.5 Å². The van der Waals surface area contributed by atoms with Gasteiger partial charge in [0.05, 0.1) is 5.60 Å². The summed E-state index contributed by atoms with van der Waals surface area (Å²) in [5.41, 5.74) is -0.554. The second kappa shape index (κ2) is 5.48. The predicted octanol–water partition coefficient (Wildman–Crippen LogP) is 4.39. The Kier molecular flexibility index (Phi) is 4.18. The van der Waals surface area contributed by atoms with E-state index in [2.05, 4.69) is 27.7 Å². The van der Waals surface area contributed by atoms with Crippen LogP contribution in [-0.4, -0.2) is 22.4 Å². The van der Waals surface area contributed by atoms with E-state index in [0.29, 0.717) is 5.92 Å². The second-order valence-corrected chi connectivity index (χ2v) is 9.61. The molecule has 0 aromatic rings. The Hall–Kier alpha value is -0.0800. The maximum absolute atomic E-state index is 11.8. The SMILES string of the molecule is CC(C)[C@H]1CC[C@@]2(C)C(CCC3C2(O)CCC[C@@]3(C)CO)C1. The summed E-state index contributed by atoms with van der Waals surface area (Å²) in [5, 5.41) is 21.8. The monoisotopic (exact) mass is 308 g/mol. The van der Waals surface area contributed by atoms with Gasteiger partial charge in [0.25, 0.3) is 0 Å². The zero-order valence-corrected chi connectivity index (χ0v) is 15.1. The average Bonchev–Trinajstić information content (AvgIpc) is 2.47. The van der Waals surface area contributed by atoms with Gasteiger partial charge in [0.2, 0.25) is 0 Å². The molecule has 0 bridgehead atoms. The third-order valence-corrected chi connectivity index (χ3v) is 8.34. The first kappa shape index (κ1) is 16.8. The largest absolute Gasteiger partial charge is 0.396 e. The third-order valence-electron chi connectivity index (χ3n) is 8.34. The van der Waals surface area contributed by atoms with E-state index < -0.39 is 5.60 Å². The van der Waals surface area contributed by atoms with Gasteiger partial charge in [-0.25, -0.2) is 0 Å². The molecule has 0 spiro atoms. The maximum atomic E-state index is 11.8. The fourth-order valence-corrected chi connectivity index (χ4v) is 6.56. The summed E-state index contributed by atoms with van der Waals surface area (Å²) in [5.74, 6) is 2.57. The molecule has 2 nitrogen and oxygen atoms in total. The van der Waals surface area contributed by atoms with Crippen molar-refractivity contribution in [3.05, 3.63) is 0 Å². The molecule has 3 saturated carbocycles. The van der Waals surface area contributed by atoms with Crippen LogP contribution in [-0.2, 0) is 0 Å². The first-order chi connectivity index (χ1) is 10.3. The van der Waals surface area contributed by atoms with Gasteiger partial charge >= 0.3 is 0 Å². The van der Waals surface area contributed by atoms with Crippen molar-refractivity contribution in [2.45, 2.75) is 84.7 Å². The van der Waals surface area contributed by atoms with Crippen molar-refractivity contribution in [3.63, 3.8) is 0 Å². The lowest BCUT2D eigenvalue weighted by molar-refractivity contribution is -0.242. The summed E-state index contributed by atoms with van der Waals surface area (Å²) in [4.78, 5) is 0. The van der Waals surface area contributed by atoms with Gasteiger partial charge in [-0.1, -0.05) is 27.7 Å². The Morgan fingerprint density at radius 1 is 1.05 bits per heavy atom. The van der Waals surface area contributed by atoms with E-state index in [9.17, 15) is 10.2 Å². The number of hydrogen-bond acceptors (Lipinski definition) is 2. The summed E-state index contributed by atoms with van der Waals surface area (Å²) in [6.07, 6.45) is 9.21. The van der Waals surface area contributed by atoms with Crippen molar-refractivity contribution in [1.82, 2.24) is 0 Å². The van der Waals surface area contributed by atoms with Crippen LogP contribution in [0.4, 0.5) is 0 Å². The Morgan fingerprint density at radius 2 is 1.77 bits per heavy atom. The summed E-state index contributed by atoms with van der Waals surface area (Å²) in [7, 11) is 0. The fourth-order valence-electron chi connectivity index (χ4n) is 6.56. The van der Waals surface area contributed by atoms with E-state index >= 15 is 0 Å². The summed E-state index contributed by atoms with van der Waals surface area (Å²) >= 11 is 0. The van der Waals surface area contributed by atoms with E-state index in [1.54, 1.807) is 0 Å². The predicted molar refractivity (Wildman–Crippen MR) is 90.5 cm³/mol. The minimum Gasteiger partial charge on any atom is -0.396 e. The number of aliphatic hydroxyl groups is 2. The number of hydrogen-bond donors (Lipinski definition) is 2. The van der Waals surface area contributed by atoms with Gasteiger partial charge < -0.3 is 10.2 Å². The van der Waals surface area contributed by atoms with Crippen LogP contribution in [0.25, 0.3) is 0 Å². The van der Waals surface area contributed by atoms with Gasteiger partial charge in [-0.2, -0.15) is 0 Å². The highest BCUT2D eigenvalue weighted by atomic mass is 16.3. The lowest BCUT2D eigenvalue weighted by Crippen LogP contribution is -2.65. The molecule has 6 atom stereocenters. The molecule has 0 radical (unpaired) electrons. The normalized spacial score (nSPS) is 52.2. The molecule has 2 N–H and O–H groups in total. The first-order valence-electron chi connectivity index (χ1n) is 9.60. The molecule has 0 amide bonds. The van der Waals surface area contributed by atoms with Crippen LogP contribution < -0.4 is 0 Å². The lowest BCUT2D eigenvalue weighted by atomic mass is 9.42. The maximum Gasteiger partial charge on any atom is 0.0737 e. The van der Waals surface area contributed by atoms with Crippen LogP contribution in [0.5, 0.6) is 0 Å². The Labute approximate surface area is 136 Å². The van der Waals surface area contributed by atoms with Gasteiger partial charge in [-0.05, 0) is 85.9 Å². The Balaban J connectivity index is 1.91. The minimum absolute atomic E-state index is 0.0676.